The Morgan fingerprint density at radius 1 is 1.24 bits per heavy atom. The van der Waals surface area contributed by atoms with Crippen LogP contribution in [-0.4, -0.2) is 41.9 Å². The van der Waals surface area contributed by atoms with Gasteiger partial charge in [0.1, 0.15) is 6.04 Å². The van der Waals surface area contributed by atoms with Crippen LogP contribution < -0.4 is 16.6 Å². The van der Waals surface area contributed by atoms with E-state index in [1.54, 1.807) is 0 Å². The Hall–Kier alpha value is -1.63. The fraction of sp³-hybridized carbons (Fsp3) is 0.556. The molecule has 0 bridgehead atoms. The van der Waals surface area contributed by atoms with Crippen LogP contribution >= 0.6 is 11.6 Å². The summed E-state index contributed by atoms with van der Waals surface area (Å²) < 4.78 is 0. The van der Waals surface area contributed by atoms with Gasteiger partial charge in [-0.2, -0.15) is 0 Å². The van der Waals surface area contributed by atoms with E-state index in [9.17, 15) is 9.59 Å². The topological polar surface area (TPSA) is 87.5 Å². The predicted molar refractivity (Wildman–Crippen MR) is 96.7 cm³/mol. The zero-order valence-electron chi connectivity index (χ0n) is 14.2. The van der Waals surface area contributed by atoms with Crippen LogP contribution in [0.3, 0.4) is 0 Å². The normalized spacial score (nSPS) is 24.4. The third kappa shape index (κ3) is 4.71. The number of primary amides is 1. The number of nitrogens with one attached hydrogen (secondary N) is 2. The molecule has 6 nitrogen and oxygen atoms in total. The fourth-order valence-corrected chi connectivity index (χ4v) is 3.94. The lowest BCUT2D eigenvalue weighted by molar-refractivity contribution is -0.132. The quantitative estimate of drug-likeness (QED) is 0.733. The van der Waals surface area contributed by atoms with Gasteiger partial charge in [-0.1, -0.05) is 23.7 Å². The molecule has 0 spiro atoms. The van der Waals surface area contributed by atoms with Crippen LogP contribution in [0.1, 0.15) is 31.2 Å². The maximum atomic E-state index is 12.4. The Morgan fingerprint density at radius 2 is 2.00 bits per heavy atom. The van der Waals surface area contributed by atoms with Gasteiger partial charge >= 0.3 is 0 Å². The standard InChI is InChI=1S/C18H25ClN4O2/c19-14-3-1-2-12(10-14)4-5-17(24)23-8-6-13(7-9-23)15-11-16(18(20)25)22-21-15/h1-3,10,13,15-16,21-22H,4-9,11H2,(H2,20,25). The van der Waals surface area contributed by atoms with Crippen molar-refractivity contribution in [3.05, 3.63) is 34.9 Å². The first-order chi connectivity index (χ1) is 12.0. The summed E-state index contributed by atoms with van der Waals surface area (Å²) in [6.45, 7) is 1.55. The van der Waals surface area contributed by atoms with Crippen molar-refractivity contribution in [1.82, 2.24) is 15.8 Å². The maximum absolute atomic E-state index is 12.4. The van der Waals surface area contributed by atoms with E-state index in [1.807, 2.05) is 29.2 Å². The highest BCUT2D eigenvalue weighted by Gasteiger charge is 2.35. The highest BCUT2D eigenvalue weighted by Crippen LogP contribution is 2.25. The van der Waals surface area contributed by atoms with E-state index in [0.717, 1.165) is 37.9 Å². The van der Waals surface area contributed by atoms with Crippen LogP contribution in [0.2, 0.25) is 5.02 Å². The number of amides is 2. The van der Waals surface area contributed by atoms with Crippen LogP contribution in [0.5, 0.6) is 0 Å². The molecular formula is C18H25ClN4O2. The van der Waals surface area contributed by atoms with E-state index in [4.69, 9.17) is 17.3 Å². The van der Waals surface area contributed by atoms with Gasteiger partial charge in [-0.25, -0.2) is 5.43 Å². The molecule has 136 valence electrons. The van der Waals surface area contributed by atoms with Crippen LogP contribution in [-0.2, 0) is 16.0 Å². The molecule has 1 aromatic carbocycles. The molecule has 25 heavy (non-hydrogen) atoms. The third-order valence-electron chi connectivity index (χ3n) is 5.25. The molecule has 2 fully saturated rings. The number of piperidine rings is 1. The summed E-state index contributed by atoms with van der Waals surface area (Å²) in [7, 11) is 0. The van der Waals surface area contributed by atoms with Gasteiger partial charge in [-0.3, -0.25) is 15.0 Å². The van der Waals surface area contributed by atoms with Crippen molar-refractivity contribution in [3.63, 3.8) is 0 Å². The lowest BCUT2D eigenvalue weighted by Crippen LogP contribution is -2.45. The number of carbonyl (C=O) groups is 2. The minimum Gasteiger partial charge on any atom is -0.368 e. The molecule has 2 unspecified atom stereocenters. The van der Waals surface area contributed by atoms with Crippen LogP contribution in [0.25, 0.3) is 0 Å². The van der Waals surface area contributed by atoms with Gasteiger partial charge in [0.15, 0.2) is 0 Å². The summed E-state index contributed by atoms with van der Waals surface area (Å²) in [6.07, 6.45) is 3.86. The summed E-state index contributed by atoms with van der Waals surface area (Å²) in [5.74, 6) is 0.350. The second-order valence-corrected chi connectivity index (χ2v) is 7.37. The number of hydrogen-bond acceptors (Lipinski definition) is 4. The average Bonchev–Trinajstić information content (AvgIpc) is 3.10. The third-order valence-corrected chi connectivity index (χ3v) is 5.49. The Kier molecular flexibility index (Phi) is 5.93. The number of rotatable bonds is 5. The van der Waals surface area contributed by atoms with Crippen molar-refractivity contribution in [2.75, 3.05) is 13.1 Å². The van der Waals surface area contributed by atoms with Gasteiger partial charge in [-0.05, 0) is 49.3 Å². The van der Waals surface area contributed by atoms with Gasteiger partial charge in [0.05, 0.1) is 0 Å². The number of carbonyl (C=O) groups excluding carboxylic acids is 2. The van der Waals surface area contributed by atoms with Crippen LogP contribution in [0, 0.1) is 5.92 Å². The number of nitrogens with two attached hydrogens (primary N) is 1. The maximum Gasteiger partial charge on any atom is 0.235 e. The second kappa shape index (κ2) is 8.17. The molecule has 2 aliphatic heterocycles. The molecule has 2 heterocycles. The van der Waals surface area contributed by atoms with E-state index in [0.29, 0.717) is 23.8 Å². The van der Waals surface area contributed by atoms with Crippen LogP contribution in [0.15, 0.2) is 24.3 Å². The Labute approximate surface area is 153 Å². The summed E-state index contributed by atoms with van der Waals surface area (Å²) in [4.78, 5) is 25.6. The van der Waals surface area contributed by atoms with Crippen molar-refractivity contribution < 1.29 is 9.59 Å². The summed E-state index contributed by atoms with van der Waals surface area (Å²) in [5.41, 5.74) is 12.6. The largest absolute Gasteiger partial charge is 0.368 e. The molecule has 2 atom stereocenters. The lowest BCUT2D eigenvalue weighted by atomic mass is 9.87. The number of likely N-dealkylation sites (tertiary alicyclic amines) is 1. The first kappa shape index (κ1) is 18.2. The number of nitrogens with zero attached hydrogens (tertiary/aromatic N) is 1. The molecule has 3 rings (SSSR count). The van der Waals surface area contributed by atoms with Crippen molar-refractivity contribution in [1.29, 1.82) is 0 Å². The van der Waals surface area contributed by atoms with Crippen molar-refractivity contribution in [2.24, 2.45) is 11.7 Å². The summed E-state index contributed by atoms with van der Waals surface area (Å²) >= 11 is 5.98. The second-order valence-electron chi connectivity index (χ2n) is 6.93. The zero-order valence-corrected chi connectivity index (χ0v) is 15.0. The molecule has 2 amide bonds. The van der Waals surface area contributed by atoms with Crippen molar-refractivity contribution in [3.8, 4) is 0 Å². The number of hydrazine groups is 1. The fourth-order valence-electron chi connectivity index (χ4n) is 3.73. The zero-order chi connectivity index (χ0) is 17.8. The van der Waals surface area contributed by atoms with Gasteiger partial charge in [-0.15, -0.1) is 0 Å². The Bertz CT molecular complexity index is 631. The van der Waals surface area contributed by atoms with E-state index in [-0.39, 0.29) is 23.9 Å². The highest BCUT2D eigenvalue weighted by atomic mass is 35.5. The van der Waals surface area contributed by atoms with Gasteiger partial charge in [0.2, 0.25) is 11.8 Å². The molecule has 1 aromatic rings. The highest BCUT2D eigenvalue weighted by molar-refractivity contribution is 6.30. The number of aryl methyl sites for hydroxylation is 1. The number of hydrogen-bond donors (Lipinski definition) is 3. The molecule has 4 N–H and O–H groups in total. The van der Waals surface area contributed by atoms with Gasteiger partial charge in [0, 0.05) is 30.6 Å². The first-order valence-electron chi connectivity index (χ1n) is 8.85. The van der Waals surface area contributed by atoms with E-state index in [2.05, 4.69) is 10.9 Å². The molecule has 0 radical (unpaired) electrons. The number of halogens is 1. The average molecular weight is 365 g/mol. The number of benzene rings is 1. The van der Waals surface area contributed by atoms with E-state index in [1.165, 1.54) is 0 Å². The minimum atomic E-state index is -0.316. The molecule has 0 aliphatic carbocycles. The molecule has 0 aromatic heterocycles. The van der Waals surface area contributed by atoms with Gasteiger partial charge in [0.25, 0.3) is 0 Å². The van der Waals surface area contributed by atoms with Crippen molar-refractivity contribution in [2.45, 2.75) is 44.2 Å². The molecule has 2 saturated heterocycles. The summed E-state index contributed by atoms with van der Waals surface area (Å²) in [6, 6.07) is 7.62. The predicted octanol–water partition coefficient (Wildman–Crippen LogP) is 1.23. The Morgan fingerprint density at radius 3 is 2.64 bits per heavy atom. The summed E-state index contributed by atoms with van der Waals surface area (Å²) in [5, 5.41) is 0.706. The van der Waals surface area contributed by atoms with Gasteiger partial charge < -0.3 is 10.6 Å². The molecule has 0 saturated carbocycles. The minimum absolute atomic E-state index is 0.200. The van der Waals surface area contributed by atoms with E-state index < -0.39 is 0 Å². The SMILES string of the molecule is NC(=O)C1CC(C2CCN(C(=O)CCc3cccc(Cl)c3)CC2)NN1. The molecule has 7 heteroatoms. The van der Waals surface area contributed by atoms with Crippen molar-refractivity contribution >= 4 is 23.4 Å². The first-order valence-corrected chi connectivity index (χ1v) is 9.23. The smallest absolute Gasteiger partial charge is 0.235 e. The lowest BCUT2D eigenvalue weighted by Gasteiger charge is -2.34. The Balaban J connectivity index is 1.42. The van der Waals surface area contributed by atoms with E-state index >= 15 is 0 Å². The monoisotopic (exact) mass is 364 g/mol. The van der Waals surface area contributed by atoms with Crippen LogP contribution in [0.4, 0.5) is 0 Å². The molecular weight excluding hydrogens is 340 g/mol. The molecule has 2 aliphatic rings.